The summed E-state index contributed by atoms with van der Waals surface area (Å²) >= 11 is 1.43. The highest BCUT2D eigenvalue weighted by atomic mass is 32.1. The molecular weight excluding hydrogens is 318 g/mol. The number of allylic oxidation sites excluding steroid dienone is 7. The standard InChI is InChI=1S/C19H21N3OS/c1-5-6-7-8-9-12-22-15(3)21-17-16(14(2)10-11-20-4)13-24-18(17)19(22)23/h5-13H,1-4H3/b6-5-,8-7-,12-9+,14-10-,20-11?. The number of aromatic nitrogens is 2. The Balaban J connectivity index is 2.51. The van der Waals surface area contributed by atoms with E-state index in [4.69, 9.17) is 0 Å². The quantitative estimate of drug-likeness (QED) is 0.596. The lowest BCUT2D eigenvalue weighted by Crippen LogP contribution is -2.18. The van der Waals surface area contributed by atoms with Crippen molar-refractivity contribution in [1.29, 1.82) is 0 Å². The molecule has 124 valence electrons. The van der Waals surface area contributed by atoms with Gasteiger partial charge in [0.2, 0.25) is 0 Å². The molecule has 0 saturated heterocycles. The van der Waals surface area contributed by atoms with Gasteiger partial charge in [0, 0.05) is 30.4 Å². The summed E-state index contributed by atoms with van der Waals surface area (Å²) in [7, 11) is 1.73. The second-order valence-electron chi connectivity index (χ2n) is 5.17. The molecule has 2 heterocycles. The molecule has 5 heteroatoms. The Bertz CT molecular complexity index is 924. The molecular formula is C19H21N3OS. The molecule has 0 N–H and O–H groups in total. The smallest absolute Gasteiger partial charge is 0.275 e. The summed E-state index contributed by atoms with van der Waals surface area (Å²) in [6, 6.07) is 0. The Morgan fingerprint density at radius 2 is 2.04 bits per heavy atom. The predicted octanol–water partition coefficient (Wildman–Crippen LogP) is 4.47. The number of fused-ring (bicyclic) bond motifs is 1. The van der Waals surface area contributed by atoms with Crippen molar-refractivity contribution in [3.8, 4) is 0 Å². The maximum absolute atomic E-state index is 12.7. The van der Waals surface area contributed by atoms with Gasteiger partial charge in [0.1, 0.15) is 10.5 Å². The zero-order chi connectivity index (χ0) is 17.5. The molecule has 2 aromatic rings. The lowest BCUT2D eigenvalue weighted by atomic mass is 10.1. The van der Waals surface area contributed by atoms with Crippen LogP contribution in [0.3, 0.4) is 0 Å². The molecule has 0 aliphatic heterocycles. The lowest BCUT2D eigenvalue weighted by molar-refractivity contribution is 0.944. The summed E-state index contributed by atoms with van der Waals surface area (Å²) in [6.45, 7) is 5.80. The van der Waals surface area contributed by atoms with Crippen LogP contribution in [0.4, 0.5) is 0 Å². The van der Waals surface area contributed by atoms with Crippen molar-refractivity contribution < 1.29 is 0 Å². The first-order valence-corrected chi connectivity index (χ1v) is 8.54. The Kier molecular flexibility index (Phi) is 6.21. The molecule has 0 fully saturated rings. The average Bonchev–Trinajstić information content (AvgIpc) is 2.99. The van der Waals surface area contributed by atoms with E-state index in [0.717, 1.165) is 16.7 Å². The number of aryl methyl sites for hydroxylation is 1. The van der Waals surface area contributed by atoms with Crippen LogP contribution in [0.15, 0.2) is 51.6 Å². The topological polar surface area (TPSA) is 47.2 Å². The molecule has 4 nitrogen and oxygen atoms in total. The highest BCUT2D eigenvalue weighted by Gasteiger charge is 2.13. The number of rotatable bonds is 5. The number of thiophene rings is 1. The van der Waals surface area contributed by atoms with Crippen LogP contribution in [-0.4, -0.2) is 22.8 Å². The van der Waals surface area contributed by atoms with Gasteiger partial charge in [-0.25, -0.2) is 4.98 Å². The Morgan fingerprint density at radius 1 is 1.29 bits per heavy atom. The van der Waals surface area contributed by atoms with Crippen LogP contribution >= 0.6 is 11.3 Å². The van der Waals surface area contributed by atoms with Gasteiger partial charge in [-0.2, -0.15) is 0 Å². The van der Waals surface area contributed by atoms with E-state index in [9.17, 15) is 4.79 Å². The van der Waals surface area contributed by atoms with E-state index in [1.807, 2.05) is 62.6 Å². The molecule has 0 saturated carbocycles. The molecule has 0 aliphatic carbocycles. The minimum atomic E-state index is -0.0404. The number of hydrogen-bond acceptors (Lipinski definition) is 4. The third-order valence-corrected chi connectivity index (χ3v) is 4.42. The summed E-state index contributed by atoms with van der Waals surface area (Å²) in [5.41, 5.74) is 2.75. The molecule has 0 aliphatic rings. The second kappa shape index (κ2) is 8.36. The molecule has 0 unspecified atom stereocenters. The summed E-state index contributed by atoms with van der Waals surface area (Å²) in [4.78, 5) is 21.3. The van der Waals surface area contributed by atoms with E-state index < -0.39 is 0 Å². The van der Waals surface area contributed by atoms with E-state index in [0.29, 0.717) is 10.5 Å². The predicted molar refractivity (Wildman–Crippen MR) is 106 cm³/mol. The fourth-order valence-corrected chi connectivity index (χ4v) is 3.19. The van der Waals surface area contributed by atoms with Crippen molar-refractivity contribution in [2.24, 2.45) is 4.99 Å². The molecule has 0 spiro atoms. The van der Waals surface area contributed by atoms with E-state index in [1.54, 1.807) is 24.0 Å². The van der Waals surface area contributed by atoms with Crippen molar-refractivity contribution in [1.82, 2.24) is 9.55 Å². The third kappa shape index (κ3) is 3.86. The van der Waals surface area contributed by atoms with Crippen LogP contribution in [0.5, 0.6) is 0 Å². The van der Waals surface area contributed by atoms with Crippen molar-refractivity contribution >= 4 is 39.5 Å². The van der Waals surface area contributed by atoms with Gasteiger partial charge in [-0.3, -0.25) is 14.4 Å². The maximum atomic E-state index is 12.7. The molecule has 2 rings (SSSR count). The summed E-state index contributed by atoms with van der Waals surface area (Å²) in [5, 5.41) is 1.98. The number of hydrogen-bond donors (Lipinski definition) is 0. The average molecular weight is 339 g/mol. The zero-order valence-electron chi connectivity index (χ0n) is 14.4. The lowest BCUT2D eigenvalue weighted by Gasteiger charge is -2.05. The molecule has 0 amide bonds. The van der Waals surface area contributed by atoms with Gasteiger partial charge in [-0.15, -0.1) is 11.3 Å². The van der Waals surface area contributed by atoms with Gasteiger partial charge in [0.15, 0.2) is 0 Å². The van der Waals surface area contributed by atoms with E-state index in [2.05, 4.69) is 9.98 Å². The highest BCUT2D eigenvalue weighted by Crippen LogP contribution is 2.27. The van der Waals surface area contributed by atoms with Gasteiger partial charge in [0.25, 0.3) is 5.56 Å². The van der Waals surface area contributed by atoms with Gasteiger partial charge in [0.05, 0.1) is 5.52 Å². The number of aliphatic imine (C=N–C) groups is 1. The first-order chi connectivity index (χ1) is 11.6. The molecule has 0 aromatic carbocycles. The van der Waals surface area contributed by atoms with Crippen LogP contribution in [-0.2, 0) is 0 Å². The second-order valence-corrected chi connectivity index (χ2v) is 6.05. The van der Waals surface area contributed by atoms with Crippen LogP contribution in [0.2, 0.25) is 0 Å². The molecule has 0 bridgehead atoms. The largest absolute Gasteiger partial charge is 0.297 e. The molecule has 0 atom stereocenters. The summed E-state index contributed by atoms with van der Waals surface area (Å²) in [5.74, 6) is 0.666. The minimum Gasteiger partial charge on any atom is -0.297 e. The fourth-order valence-electron chi connectivity index (χ4n) is 2.19. The van der Waals surface area contributed by atoms with Crippen molar-refractivity contribution in [3.63, 3.8) is 0 Å². The van der Waals surface area contributed by atoms with Crippen molar-refractivity contribution in [3.05, 3.63) is 63.6 Å². The normalized spacial score (nSPS) is 13.6. The fraction of sp³-hybridized carbons (Fsp3) is 0.211. The molecule has 2 aromatic heterocycles. The van der Waals surface area contributed by atoms with Gasteiger partial charge in [-0.05, 0) is 38.5 Å². The number of nitrogens with zero attached hydrogens (tertiary/aromatic N) is 3. The SMILES string of the molecule is C\C=C/C=C\C=C\n1c(C)nc2c(/C(C)=C\C=NC)csc2c1=O. The van der Waals surface area contributed by atoms with E-state index in [-0.39, 0.29) is 5.56 Å². The molecule has 24 heavy (non-hydrogen) atoms. The van der Waals surface area contributed by atoms with Gasteiger partial charge in [-0.1, -0.05) is 24.3 Å². The van der Waals surface area contributed by atoms with E-state index >= 15 is 0 Å². The van der Waals surface area contributed by atoms with Crippen LogP contribution < -0.4 is 5.56 Å². The zero-order valence-corrected chi connectivity index (χ0v) is 15.2. The van der Waals surface area contributed by atoms with E-state index in [1.165, 1.54) is 11.3 Å². The first kappa shape index (κ1) is 17.8. The van der Waals surface area contributed by atoms with Crippen molar-refractivity contribution in [2.75, 3.05) is 7.05 Å². The van der Waals surface area contributed by atoms with Crippen molar-refractivity contribution in [2.45, 2.75) is 20.8 Å². The highest BCUT2D eigenvalue weighted by molar-refractivity contribution is 7.17. The van der Waals surface area contributed by atoms with Gasteiger partial charge < -0.3 is 0 Å². The monoisotopic (exact) mass is 339 g/mol. The van der Waals surface area contributed by atoms with Gasteiger partial charge >= 0.3 is 0 Å². The Labute approximate surface area is 145 Å². The first-order valence-electron chi connectivity index (χ1n) is 7.66. The summed E-state index contributed by atoms with van der Waals surface area (Å²) < 4.78 is 2.24. The van der Waals surface area contributed by atoms with Crippen LogP contribution in [0.25, 0.3) is 22.0 Å². The van der Waals surface area contributed by atoms with Crippen LogP contribution in [0, 0.1) is 6.92 Å². The summed E-state index contributed by atoms with van der Waals surface area (Å²) in [6.07, 6.45) is 14.9. The molecule has 0 radical (unpaired) electrons. The maximum Gasteiger partial charge on any atom is 0.275 e. The Morgan fingerprint density at radius 3 is 2.75 bits per heavy atom. The van der Waals surface area contributed by atoms with Crippen LogP contribution in [0.1, 0.15) is 25.2 Å². The Hall–Kier alpha value is -2.53. The minimum absolute atomic E-state index is 0.0404. The third-order valence-electron chi connectivity index (χ3n) is 3.46.